The number of benzene rings is 2. The summed E-state index contributed by atoms with van der Waals surface area (Å²) < 4.78 is 0. The second kappa shape index (κ2) is 10.1. The summed E-state index contributed by atoms with van der Waals surface area (Å²) in [5.41, 5.74) is 14.1. The summed E-state index contributed by atoms with van der Waals surface area (Å²) in [5.74, 6) is -0.000544. The molecule has 4 N–H and O–H groups in total. The molecule has 1 heterocycles. The van der Waals surface area contributed by atoms with Crippen molar-refractivity contribution in [3.8, 4) is 11.4 Å². The van der Waals surface area contributed by atoms with Crippen molar-refractivity contribution in [3.05, 3.63) is 78.1 Å². The van der Waals surface area contributed by atoms with Crippen molar-refractivity contribution in [3.63, 3.8) is 0 Å². The molecule has 2 aromatic carbocycles. The van der Waals surface area contributed by atoms with Crippen LogP contribution < -0.4 is 16.4 Å². The highest BCUT2D eigenvalue weighted by atomic mass is 16.2. The van der Waals surface area contributed by atoms with Gasteiger partial charge in [0, 0.05) is 23.2 Å². The average molecular weight is 487 g/mol. The molecule has 0 unspecified atom stereocenters. The molecule has 188 valence electrons. The van der Waals surface area contributed by atoms with Crippen molar-refractivity contribution in [2.24, 2.45) is 16.9 Å². The van der Waals surface area contributed by atoms with Gasteiger partial charge in [0.15, 0.2) is 5.82 Å². The Morgan fingerprint density at radius 1 is 0.889 bits per heavy atom. The fourth-order valence-electron chi connectivity index (χ4n) is 5.24. The normalized spacial score (nSPS) is 21.8. The van der Waals surface area contributed by atoms with Gasteiger partial charge in [0.1, 0.15) is 0 Å². The third-order valence-electron chi connectivity index (χ3n) is 7.63. The highest BCUT2D eigenvalue weighted by Gasteiger charge is 2.44. The maximum Gasteiger partial charge on any atom is 0.319 e. The van der Waals surface area contributed by atoms with E-state index in [1.54, 1.807) is 41.6 Å². The Morgan fingerprint density at radius 3 is 1.97 bits per heavy atom. The summed E-state index contributed by atoms with van der Waals surface area (Å²) in [6.45, 7) is 2.72. The molecule has 4 rings (SSSR count). The van der Waals surface area contributed by atoms with Gasteiger partial charge >= 0.3 is 6.03 Å². The first kappa shape index (κ1) is 25.3. The molecule has 0 aliphatic heterocycles. The summed E-state index contributed by atoms with van der Waals surface area (Å²) in [4.78, 5) is 36.6. The Kier molecular flexibility index (Phi) is 7.08. The number of carbonyl (C=O) groups excluding carboxylic acids is 2. The van der Waals surface area contributed by atoms with Crippen molar-refractivity contribution in [1.82, 2.24) is 14.9 Å². The van der Waals surface area contributed by atoms with Gasteiger partial charge in [-0.15, -0.1) is 0 Å². The topological polar surface area (TPSA) is 118 Å². The summed E-state index contributed by atoms with van der Waals surface area (Å²) in [7, 11) is 4.29. The van der Waals surface area contributed by atoms with Crippen molar-refractivity contribution >= 4 is 17.6 Å². The Labute approximate surface area is 212 Å². The number of rotatable bonds is 7. The van der Waals surface area contributed by atoms with E-state index in [0.717, 1.165) is 31.2 Å². The highest BCUT2D eigenvalue weighted by Crippen LogP contribution is 2.48. The molecule has 8 heteroatoms. The van der Waals surface area contributed by atoms with Gasteiger partial charge in [-0.3, -0.25) is 14.6 Å². The lowest BCUT2D eigenvalue weighted by Gasteiger charge is -2.50. The molecular weight excluding hydrogens is 452 g/mol. The fraction of sp³-hybridized carbons (Fsp3) is 0.357. The van der Waals surface area contributed by atoms with E-state index in [-0.39, 0.29) is 11.0 Å². The van der Waals surface area contributed by atoms with E-state index in [0.29, 0.717) is 23.6 Å². The molecule has 1 aliphatic rings. The summed E-state index contributed by atoms with van der Waals surface area (Å²) in [6.07, 6.45) is 7.13. The molecule has 0 atom stereocenters. The molecule has 1 aromatic heterocycles. The van der Waals surface area contributed by atoms with Crippen LogP contribution in [-0.2, 0) is 5.54 Å². The van der Waals surface area contributed by atoms with Gasteiger partial charge < -0.3 is 11.5 Å². The Bertz CT molecular complexity index is 1200. The number of primary amides is 2. The van der Waals surface area contributed by atoms with Gasteiger partial charge in [-0.2, -0.15) is 0 Å². The van der Waals surface area contributed by atoms with Crippen LogP contribution in [-0.4, -0.2) is 47.4 Å². The lowest BCUT2D eigenvalue weighted by molar-refractivity contribution is 0.0459. The Balaban J connectivity index is 1.50. The van der Waals surface area contributed by atoms with Crippen LogP contribution in [0.5, 0.6) is 0 Å². The minimum Gasteiger partial charge on any atom is -0.366 e. The number of anilines is 1. The van der Waals surface area contributed by atoms with Crippen molar-refractivity contribution < 1.29 is 9.59 Å². The second-order valence-corrected chi connectivity index (χ2v) is 10.2. The summed E-state index contributed by atoms with van der Waals surface area (Å²) >= 11 is 0. The molecule has 0 bridgehead atoms. The zero-order chi connectivity index (χ0) is 25.9. The molecule has 36 heavy (non-hydrogen) atoms. The van der Waals surface area contributed by atoms with Crippen LogP contribution in [0, 0.1) is 5.41 Å². The number of carbonyl (C=O) groups is 2. The summed E-state index contributed by atoms with van der Waals surface area (Å²) in [6, 6.07) is 16.9. The lowest BCUT2D eigenvalue weighted by atomic mass is 9.65. The van der Waals surface area contributed by atoms with Crippen LogP contribution in [0.25, 0.3) is 11.4 Å². The van der Waals surface area contributed by atoms with Crippen LogP contribution in [0.4, 0.5) is 10.5 Å². The van der Waals surface area contributed by atoms with Crippen molar-refractivity contribution in [1.29, 1.82) is 0 Å². The average Bonchev–Trinajstić information content (AvgIpc) is 2.88. The van der Waals surface area contributed by atoms with Crippen LogP contribution in [0.15, 0.2) is 67.0 Å². The first-order valence-electron chi connectivity index (χ1n) is 12.2. The van der Waals surface area contributed by atoms with Gasteiger partial charge in [-0.05, 0) is 62.9 Å². The second-order valence-electron chi connectivity index (χ2n) is 10.2. The largest absolute Gasteiger partial charge is 0.366 e. The number of aromatic nitrogens is 2. The summed E-state index contributed by atoms with van der Waals surface area (Å²) in [5, 5.41) is 0. The predicted molar refractivity (Wildman–Crippen MR) is 141 cm³/mol. The molecular formula is C28H34N6O2. The Morgan fingerprint density at radius 2 is 1.47 bits per heavy atom. The zero-order valence-corrected chi connectivity index (χ0v) is 21.1. The maximum atomic E-state index is 12.5. The van der Waals surface area contributed by atoms with E-state index in [9.17, 15) is 9.59 Å². The highest BCUT2D eigenvalue weighted by molar-refractivity contribution is 5.93. The standard InChI is InChI=1S/C28H34N6O2/c1-27(13-15-28(16-14-27,33(2)3)22-7-5-4-6-8-22)19-34(26(30)36)23-17-31-25(32-18-23)21-11-9-20(10-12-21)24(29)35/h4-12,17-18H,13-16,19H2,1-3H3,(H2,29,35)(H2,30,36)/t27-,28-. The van der Waals surface area contributed by atoms with E-state index in [4.69, 9.17) is 11.5 Å². The molecule has 8 nitrogen and oxygen atoms in total. The minimum absolute atomic E-state index is 0.0207. The van der Waals surface area contributed by atoms with Crippen molar-refractivity contribution in [2.75, 3.05) is 25.5 Å². The smallest absolute Gasteiger partial charge is 0.319 e. The van der Waals surface area contributed by atoms with Gasteiger partial charge in [-0.25, -0.2) is 14.8 Å². The molecule has 3 aromatic rings. The number of urea groups is 1. The fourth-order valence-corrected chi connectivity index (χ4v) is 5.24. The monoisotopic (exact) mass is 486 g/mol. The number of hydrogen-bond donors (Lipinski definition) is 2. The predicted octanol–water partition coefficient (Wildman–Crippen LogP) is 4.17. The Hall–Kier alpha value is -3.78. The van der Waals surface area contributed by atoms with Crippen LogP contribution in [0.3, 0.4) is 0 Å². The van der Waals surface area contributed by atoms with Crippen LogP contribution in [0.1, 0.15) is 48.5 Å². The van der Waals surface area contributed by atoms with E-state index < -0.39 is 11.9 Å². The number of amides is 3. The number of hydrogen-bond acceptors (Lipinski definition) is 5. The minimum atomic E-state index is -0.522. The third kappa shape index (κ3) is 5.09. The molecule has 0 spiro atoms. The van der Waals surface area contributed by atoms with E-state index >= 15 is 0 Å². The van der Waals surface area contributed by atoms with Crippen LogP contribution in [0.2, 0.25) is 0 Å². The first-order chi connectivity index (χ1) is 17.1. The maximum absolute atomic E-state index is 12.5. The van der Waals surface area contributed by atoms with Gasteiger partial charge in [0.25, 0.3) is 0 Å². The van der Waals surface area contributed by atoms with E-state index in [2.05, 4.69) is 60.2 Å². The molecule has 0 radical (unpaired) electrons. The quantitative estimate of drug-likeness (QED) is 0.520. The molecule has 1 saturated carbocycles. The van der Waals surface area contributed by atoms with E-state index in [1.807, 2.05) is 6.07 Å². The molecule has 3 amide bonds. The van der Waals surface area contributed by atoms with Crippen molar-refractivity contribution in [2.45, 2.75) is 38.1 Å². The zero-order valence-electron chi connectivity index (χ0n) is 21.1. The van der Waals surface area contributed by atoms with Gasteiger partial charge in [-0.1, -0.05) is 49.4 Å². The molecule has 1 aliphatic carbocycles. The van der Waals surface area contributed by atoms with E-state index in [1.165, 1.54) is 5.56 Å². The third-order valence-corrected chi connectivity index (χ3v) is 7.63. The van der Waals surface area contributed by atoms with Gasteiger partial charge in [0.05, 0.1) is 18.1 Å². The molecule has 0 saturated heterocycles. The van der Waals surface area contributed by atoms with Gasteiger partial charge in [0.2, 0.25) is 5.91 Å². The number of nitrogens with zero attached hydrogens (tertiary/aromatic N) is 4. The SMILES string of the molecule is CN(C)[C@]1(c2ccccc2)CC[C@@](C)(CN(C(N)=O)c2cnc(-c3ccc(C(N)=O)cc3)nc2)CC1. The molecule has 1 fully saturated rings. The van der Waals surface area contributed by atoms with Crippen LogP contribution >= 0.6 is 0 Å². The first-order valence-corrected chi connectivity index (χ1v) is 12.2. The lowest BCUT2D eigenvalue weighted by Crippen LogP contribution is -2.50. The number of nitrogens with two attached hydrogens (primary N) is 2.